The van der Waals surface area contributed by atoms with E-state index in [9.17, 15) is 14.9 Å². The lowest BCUT2D eigenvalue weighted by Gasteiger charge is -2.12. The van der Waals surface area contributed by atoms with Gasteiger partial charge < -0.3 is 11.1 Å². The first-order valence-corrected chi connectivity index (χ1v) is 5.38. The third-order valence-corrected chi connectivity index (χ3v) is 2.44. The van der Waals surface area contributed by atoms with E-state index >= 15 is 0 Å². The number of nitrogens with one attached hydrogen (secondary N) is 1. The molecule has 0 heterocycles. The smallest absolute Gasteiger partial charge is 0.269 e. The van der Waals surface area contributed by atoms with Crippen LogP contribution in [-0.4, -0.2) is 16.9 Å². The summed E-state index contributed by atoms with van der Waals surface area (Å²) in [5, 5.41) is 13.2. The van der Waals surface area contributed by atoms with Crippen molar-refractivity contribution in [3.05, 3.63) is 46.5 Å². The maximum atomic E-state index is 11.7. The van der Waals surface area contributed by atoms with Gasteiger partial charge in [0.1, 0.15) is 0 Å². The predicted molar refractivity (Wildman–Crippen MR) is 69.3 cm³/mol. The summed E-state index contributed by atoms with van der Waals surface area (Å²) in [6, 6.07) is 3.56. The van der Waals surface area contributed by atoms with Crippen LogP contribution in [0, 0.1) is 17.0 Å². The number of hydrogen-bond acceptors (Lipinski definition) is 4. The monoisotopic (exact) mass is 249 g/mol. The summed E-state index contributed by atoms with van der Waals surface area (Å²) in [6.07, 6.45) is 1.94. The molecular formula is C12H15N3O3. The molecule has 1 rings (SSSR count). The number of benzene rings is 1. The number of anilines is 1. The topological polar surface area (TPSA) is 98.3 Å². The largest absolute Gasteiger partial charge is 0.324 e. The number of nitrogens with two attached hydrogens (primary N) is 1. The van der Waals surface area contributed by atoms with Crippen molar-refractivity contribution in [1.82, 2.24) is 0 Å². The summed E-state index contributed by atoms with van der Waals surface area (Å²) in [7, 11) is 0. The molecular weight excluding hydrogens is 234 g/mol. The second kappa shape index (κ2) is 5.92. The Morgan fingerprint density at radius 2 is 2.33 bits per heavy atom. The SMILES string of the molecule is C=CCC(N)C(=O)Nc1ccc([N+](=O)[O-])cc1C. The van der Waals surface area contributed by atoms with Crippen LogP contribution in [0.5, 0.6) is 0 Å². The predicted octanol–water partition coefficient (Wildman–Crippen LogP) is 1.75. The fraction of sp³-hybridized carbons (Fsp3) is 0.250. The number of amides is 1. The summed E-state index contributed by atoms with van der Waals surface area (Å²) in [6.45, 7) is 5.19. The molecule has 1 aromatic carbocycles. The van der Waals surface area contributed by atoms with Crippen molar-refractivity contribution in [2.75, 3.05) is 5.32 Å². The molecule has 0 saturated carbocycles. The average Bonchev–Trinajstić information content (AvgIpc) is 2.31. The molecule has 3 N–H and O–H groups in total. The zero-order valence-corrected chi connectivity index (χ0v) is 10.1. The number of nitrogens with zero attached hydrogens (tertiary/aromatic N) is 1. The van der Waals surface area contributed by atoms with E-state index < -0.39 is 11.0 Å². The minimum atomic E-state index is -0.669. The molecule has 0 fully saturated rings. The molecule has 0 aliphatic rings. The van der Waals surface area contributed by atoms with Gasteiger partial charge in [0.2, 0.25) is 5.91 Å². The highest BCUT2D eigenvalue weighted by molar-refractivity contribution is 5.95. The van der Waals surface area contributed by atoms with Gasteiger partial charge in [0.15, 0.2) is 0 Å². The van der Waals surface area contributed by atoms with Crippen LogP contribution in [0.2, 0.25) is 0 Å². The van der Waals surface area contributed by atoms with Crippen LogP contribution in [0.15, 0.2) is 30.9 Å². The molecule has 1 atom stereocenters. The molecule has 0 aromatic heterocycles. The molecule has 1 aromatic rings. The van der Waals surface area contributed by atoms with E-state index in [1.54, 1.807) is 13.0 Å². The zero-order chi connectivity index (χ0) is 13.7. The van der Waals surface area contributed by atoms with E-state index in [2.05, 4.69) is 11.9 Å². The first-order chi connectivity index (χ1) is 8.45. The molecule has 0 spiro atoms. The number of hydrogen-bond donors (Lipinski definition) is 2. The zero-order valence-electron chi connectivity index (χ0n) is 10.1. The van der Waals surface area contributed by atoms with Gasteiger partial charge in [-0.15, -0.1) is 6.58 Å². The van der Waals surface area contributed by atoms with Gasteiger partial charge in [-0.05, 0) is 25.0 Å². The van der Waals surface area contributed by atoms with E-state index in [0.29, 0.717) is 17.7 Å². The van der Waals surface area contributed by atoms with Crippen molar-refractivity contribution < 1.29 is 9.72 Å². The number of nitro benzene ring substituents is 1. The molecule has 0 saturated heterocycles. The normalized spacial score (nSPS) is 11.7. The summed E-state index contributed by atoms with van der Waals surface area (Å²) >= 11 is 0. The second-order valence-electron chi connectivity index (χ2n) is 3.88. The second-order valence-corrected chi connectivity index (χ2v) is 3.88. The van der Waals surface area contributed by atoms with Crippen LogP contribution >= 0.6 is 0 Å². The molecule has 0 radical (unpaired) electrons. The summed E-state index contributed by atoms with van der Waals surface area (Å²) in [5.74, 6) is -0.341. The number of aryl methyl sites for hydroxylation is 1. The van der Waals surface area contributed by atoms with E-state index in [-0.39, 0.29) is 11.6 Å². The molecule has 0 bridgehead atoms. The molecule has 6 heteroatoms. The molecule has 96 valence electrons. The van der Waals surface area contributed by atoms with Crippen molar-refractivity contribution in [3.8, 4) is 0 Å². The summed E-state index contributed by atoms with van der Waals surface area (Å²) in [5.41, 5.74) is 6.73. The lowest BCUT2D eigenvalue weighted by Crippen LogP contribution is -2.35. The fourth-order valence-corrected chi connectivity index (χ4v) is 1.41. The van der Waals surface area contributed by atoms with E-state index in [1.807, 2.05) is 0 Å². The third-order valence-electron chi connectivity index (χ3n) is 2.44. The maximum Gasteiger partial charge on any atom is 0.269 e. The van der Waals surface area contributed by atoms with Gasteiger partial charge in [-0.25, -0.2) is 0 Å². The molecule has 0 aliphatic carbocycles. The molecule has 18 heavy (non-hydrogen) atoms. The minimum Gasteiger partial charge on any atom is -0.324 e. The Kier molecular flexibility index (Phi) is 4.56. The average molecular weight is 249 g/mol. The molecule has 6 nitrogen and oxygen atoms in total. The lowest BCUT2D eigenvalue weighted by atomic mass is 10.1. The molecule has 1 unspecified atom stereocenters. The van der Waals surface area contributed by atoms with E-state index in [1.165, 1.54) is 18.2 Å². The Morgan fingerprint density at radius 1 is 1.67 bits per heavy atom. The Hall–Kier alpha value is -2.21. The third kappa shape index (κ3) is 3.39. The van der Waals surface area contributed by atoms with Gasteiger partial charge in [0, 0.05) is 17.8 Å². The van der Waals surface area contributed by atoms with Crippen LogP contribution in [0.4, 0.5) is 11.4 Å². The first kappa shape index (κ1) is 13.9. The number of carbonyl (C=O) groups excluding carboxylic acids is 1. The Morgan fingerprint density at radius 3 is 2.83 bits per heavy atom. The Balaban J connectivity index is 2.82. The van der Waals surface area contributed by atoms with Gasteiger partial charge in [-0.2, -0.15) is 0 Å². The Labute approximate surface area is 105 Å². The van der Waals surface area contributed by atoms with Gasteiger partial charge in [0.05, 0.1) is 11.0 Å². The van der Waals surface area contributed by atoms with Crippen LogP contribution in [0.1, 0.15) is 12.0 Å². The minimum absolute atomic E-state index is 0.0131. The highest BCUT2D eigenvalue weighted by Crippen LogP contribution is 2.21. The van der Waals surface area contributed by atoms with Gasteiger partial charge in [-0.3, -0.25) is 14.9 Å². The van der Waals surface area contributed by atoms with Crippen molar-refractivity contribution in [1.29, 1.82) is 0 Å². The lowest BCUT2D eigenvalue weighted by molar-refractivity contribution is -0.384. The van der Waals surface area contributed by atoms with Crippen LogP contribution in [0.3, 0.4) is 0 Å². The molecule has 1 amide bonds. The Bertz CT molecular complexity index is 485. The van der Waals surface area contributed by atoms with Crippen LogP contribution in [-0.2, 0) is 4.79 Å². The number of rotatable bonds is 5. The number of nitro groups is 1. The van der Waals surface area contributed by atoms with Crippen LogP contribution < -0.4 is 11.1 Å². The van der Waals surface area contributed by atoms with Crippen LogP contribution in [0.25, 0.3) is 0 Å². The highest BCUT2D eigenvalue weighted by Gasteiger charge is 2.14. The number of non-ortho nitro benzene ring substituents is 1. The highest BCUT2D eigenvalue weighted by atomic mass is 16.6. The van der Waals surface area contributed by atoms with Crippen molar-refractivity contribution in [3.63, 3.8) is 0 Å². The van der Waals surface area contributed by atoms with Gasteiger partial charge in [-0.1, -0.05) is 6.08 Å². The van der Waals surface area contributed by atoms with Gasteiger partial charge >= 0.3 is 0 Å². The molecule has 0 aliphatic heterocycles. The quantitative estimate of drug-likeness (QED) is 0.471. The van der Waals surface area contributed by atoms with Crippen molar-refractivity contribution in [2.24, 2.45) is 5.73 Å². The maximum absolute atomic E-state index is 11.7. The summed E-state index contributed by atoms with van der Waals surface area (Å²) < 4.78 is 0. The standard InChI is InChI=1S/C12H15N3O3/c1-3-4-10(13)12(16)14-11-6-5-9(15(17)18)7-8(11)2/h3,5-7,10H,1,4,13H2,2H3,(H,14,16). The van der Waals surface area contributed by atoms with Crippen molar-refractivity contribution in [2.45, 2.75) is 19.4 Å². The van der Waals surface area contributed by atoms with Gasteiger partial charge in [0.25, 0.3) is 5.69 Å². The van der Waals surface area contributed by atoms with E-state index in [4.69, 9.17) is 5.73 Å². The van der Waals surface area contributed by atoms with E-state index in [0.717, 1.165) is 0 Å². The fourth-order valence-electron chi connectivity index (χ4n) is 1.41. The number of carbonyl (C=O) groups is 1. The van der Waals surface area contributed by atoms with Crippen molar-refractivity contribution >= 4 is 17.3 Å². The first-order valence-electron chi connectivity index (χ1n) is 5.38. The summed E-state index contributed by atoms with van der Waals surface area (Å²) in [4.78, 5) is 21.7.